The van der Waals surface area contributed by atoms with Crippen LogP contribution in [0, 0.1) is 6.92 Å². The van der Waals surface area contributed by atoms with Gasteiger partial charge in [0.2, 0.25) is 0 Å². The number of amides is 1. The summed E-state index contributed by atoms with van der Waals surface area (Å²) in [5.41, 5.74) is 5.15. The predicted octanol–water partition coefficient (Wildman–Crippen LogP) is 5.19. The fourth-order valence-electron chi connectivity index (χ4n) is 3.16. The number of benzene rings is 2. The normalized spacial score (nSPS) is 10.8. The Kier molecular flexibility index (Phi) is 5.04. The van der Waals surface area contributed by atoms with Crippen LogP contribution in [0.15, 0.2) is 73.1 Å². The Morgan fingerprint density at radius 1 is 1.04 bits per heavy atom. The molecule has 2 aromatic carbocycles. The summed E-state index contributed by atoms with van der Waals surface area (Å²) >= 11 is 6.18. The van der Waals surface area contributed by atoms with Crippen molar-refractivity contribution in [2.24, 2.45) is 0 Å². The average molecular weight is 388 g/mol. The van der Waals surface area contributed by atoms with Gasteiger partial charge in [-0.2, -0.15) is 0 Å². The molecule has 0 atom stereocenters. The Balaban J connectivity index is 1.77. The fraction of sp³-hybridized carbons (Fsp3) is 0.0870. The van der Waals surface area contributed by atoms with Crippen LogP contribution in [-0.2, 0) is 6.54 Å². The molecule has 138 valence electrons. The molecule has 0 saturated carbocycles. The van der Waals surface area contributed by atoms with Gasteiger partial charge >= 0.3 is 0 Å². The van der Waals surface area contributed by atoms with E-state index in [9.17, 15) is 4.79 Å². The number of hydrogen-bond acceptors (Lipinski definition) is 3. The molecule has 4 rings (SSSR count). The van der Waals surface area contributed by atoms with Crippen LogP contribution in [-0.4, -0.2) is 15.9 Å². The number of nitrogens with zero attached hydrogens (tertiary/aromatic N) is 2. The van der Waals surface area contributed by atoms with E-state index in [-0.39, 0.29) is 5.91 Å². The lowest BCUT2D eigenvalue weighted by Crippen LogP contribution is -2.23. The van der Waals surface area contributed by atoms with E-state index >= 15 is 0 Å². The van der Waals surface area contributed by atoms with Crippen LogP contribution in [0.1, 0.15) is 21.5 Å². The molecule has 4 aromatic rings. The summed E-state index contributed by atoms with van der Waals surface area (Å²) in [6.07, 6.45) is 3.42. The van der Waals surface area contributed by atoms with Gasteiger partial charge in [0.1, 0.15) is 0 Å². The molecule has 5 heteroatoms. The number of aryl methyl sites for hydroxylation is 1. The lowest BCUT2D eigenvalue weighted by molar-refractivity contribution is 0.0952. The molecule has 4 nitrogen and oxygen atoms in total. The Morgan fingerprint density at radius 2 is 1.82 bits per heavy atom. The minimum atomic E-state index is -0.165. The summed E-state index contributed by atoms with van der Waals surface area (Å²) < 4.78 is 0. The summed E-state index contributed by atoms with van der Waals surface area (Å²) in [5.74, 6) is -0.165. The minimum absolute atomic E-state index is 0.165. The van der Waals surface area contributed by atoms with E-state index in [1.165, 1.54) is 0 Å². The molecular formula is C23H18ClN3O. The largest absolute Gasteiger partial charge is 0.348 e. The maximum absolute atomic E-state index is 13.0. The molecule has 1 N–H and O–H groups in total. The minimum Gasteiger partial charge on any atom is -0.348 e. The molecule has 2 heterocycles. The van der Waals surface area contributed by atoms with Crippen molar-refractivity contribution >= 4 is 28.4 Å². The van der Waals surface area contributed by atoms with Crippen LogP contribution >= 0.6 is 11.6 Å². The summed E-state index contributed by atoms with van der Waals surface area (Å²) in [6.45, 7) is 2.46. The predicted molar refractivity (Wildman–Crippen MR) is 112 cm³/mol. The van der Waals surface area contributed by atoms with Gasteiger partial charge in [0.05, 0.1) is 16.8 Å². The zero-order valence-electron chi connectivity index (χ0n) is 15.3. The number of carbonyl (C=O) groups excluding carboxylic acids is 1. The Labute approximate surface area is 168 Å². The number of fused-ring (bicyclic) bond motifs is 1. The molecule has 0 aliphatic carbocycles. The van der Waals surface area contributed by atoms with E-state index in [0.29, 0.717) is 17.1 Å². The maximum atomic E-state index is 13.0. The number of rotatable bonds is 4. The number of carbonyl (C=O) groups is 1. The molecule has 0 saturated heterocycles. The molecular weight excluding hydrogens is 370 g/mol. The standard InChI is InChI=1S/C23H18ClN3O/c1-15-4-2-3-5-18(15)22-13-20(19-12-17(24)6-7-21(19)27-22)23(28)26-14-16-8-10-25-11-9-16/h2-13H,14H2,1H3,(H,26,28). The SMILES string of the molecule is Cc1ccccc1-c1cc(C(=O)NCc2ccncc2)c2cc(Cl)ccc2n1. The lowest BCUT2D eigenvalue weighted by Gasteiger charge is -2.12. The third kappa shape index (κ3) is 3.73. The molecule has 28 heavy (non-hydrogen) atoms. The van der Waals surface area contributed by atoms with Crippen molar-refractivity contribution in [2.75, 3.05) is 0 Å². The average Bonchev–Trinajstić information content (AvgIpc) is 2.72. The maximum Gasteiger partial charge on any atom is 0.252 e. The number of halogens is 1. The highest BCUT2D eigenvalue weighted by Crippen LogP contribution is 2.28. The van der Waals surface area contributed by atoms with Crippen molar-refractivity contribution in [3.63, 3.8) is 0 Å². The third-order valence-electron chi connectivity index (χ3n) is 4.64. The molecule has 0 radical (unpaired) electrons. The zero-order valence-corrected chi connectivity index (χ0v) is 16.1. The first-order valence-corrected chi connectivity index (χ1v) is 9.33. The first-order chi connectivity index (χ1) is 13.6. The van der Waals surface area contributed by atoms with Gasteiger partial charge in [-0.3, -0.25) is 9.78 Å². The van der Waals surface area contributed by atoms with E-state index in [2.05, 4.69) is 10.3 Å². The highest BCUT2D eigenvalue weighted by atomic mass is 35.5. The zero-order chi connectivity index (χ0) is 19.5. The molecule has 0 aliphatic heterocycles. The molecule has 2 aromatic heterocycles. The van der Waals surface area contributed by atoms with Crippen molar-refractivity contribution in [2.45, 2.75) is 13.5 Å². The highest BCUT2D eigenvalue weighted by molar-refractivity contribution is 6.31. The van der Waals surface area contributed by atoms with E-state index in [1.54, 1.807) is 24.5 Å². The van der Waals surface area contributed by atoms with Crippen LogP contribution in [0.5, 0.6) is 0 Å². The van der Waals surface area contributed by atoms with Crippen LogP contribution in [0.4, 0.5) is 0 Å². The topological polar surface area (TPSA) is 54.9 Å². The Hall–Kier alpha value is -3.24. The summed E-state index contributed by atoms with van der Waals surface area (Å²) in [5, 5.41) is 4.29. The van der Waals surface area contributed by atoms with Crippen LogP contribution < -0.4 is 5.32 Å². The Morgan fingerprint density at radius 3 is 2.61 bits per heavy atom. The number of pyridine rings is 2. The number of nitrogens with one attached hydrogen (secondary N) is 1. The first kappa shape index (κ1) is 18.1. The van der Waals surface area contributed by atoms with E-state index < -0.39 is 0 Å². The first-order valence-electron chi connectivity index (χ1n) is 8.95. The molecule has 0 fully saturated rings. The highest BCUT2D eigenvalue weighted by Gasteiger charge is 2.15. The van der Waals surface area contributed by atoms with Gasteiger partial charge in [-0.25, -0.2) is 4.98 Å². The van der Waals surface area contributed by atoms with Gasteiger partial charge in [0.15, 0.2) is 0 Å². The van der Waals surface area contributed by atoms with Gasteiger partial charge in [-0.1, -0.05) is 35.9 Å². The second-order valence-electron chi connectivity index (χ2n) is 6.57. The number of hydrogen-bond donors (Lipinski definition) is 1. The van der Waals surface area contributed by atoms with E-state index in [1.807, 2.05) is 55.5 Å². The van der Waals surface area contributed by atoms with Gasteiger partial charge in [0.25, 0.3) is 5.91 Å². The third-order valence-corrected chi connectivity index (χ3v) is 4.87. The monoisotopic (exact) mass is 387 g/mol. The van der Waals surface area contributed by atoms with Gasteiger partial charge < -0.3 is 5.32 Å². The van der Waals surface area contributed by atoms with Crippen LogP contribution in [0.25, 0.3) is 22.2 Å². The summed E-state index contributed by atoms with van der Waals surface area (Å²) in [4.78, 5) is 21.8. The molecule has 0 spiro atoms. The van der Waals surface area contributed by atoms with Crippen LogP contribution in [0.2, 0.25) is 5.02 Å². The second-order valence-corrected chi connectivity index (χ2v) is 7.01. The van der Waals surface area contributed by atoms with E-state index in [0.717, 1.165) is 33.3 Å². The van der Waals surface area contributed by atoms with Crippen molar-refractivity contribution in [3.8, 4) is 11.3 Å². The van der Waals surface area contributed by atoms with Gasteiger partial charge in [-0.05, 0) is 54.4 Å². The second kappa shape index (κ2) is 7.79. The molecule has 0 unspecified atom stereocenters. The fourth-order valence-corrected chi connectivity index (χ4v) is 3.33. The molecule has 0 bridgehead atoms. The van der Waals surface area contributed by atoms with Crippen molar-refractivity contribution in [3.05, 3.63) is 94.8 Å². The smallest absolute Gasteiger partial charge is 0.252 e. The lowest BCUT2D eigenvalue weighted by atomic mass is 10.0. The van der Waals surface area contributed by atoms with Gasteiger partial charge in [-0.15, -0.1) is 0 Å². The Bertz CT molecular complexity index is 1160. The molecule has 1 amide bonds. The summed E-state index contributed by atoms with van der Waals surface area (Å²) in [6, 6.07) is 19.0. The van der Waals surface area contributed by atoms with Crippen LogP contribution in [0.3, 0.4) is 0 Å². The number of aromatic nitrogens is 2. The summed E-state index contributed by atoms with van der Waals surface area (Å²) in [7, 11) is 0. The van der Waals surface area contributed by atoms with E-state index in [4.69, 9.17) is 16.6 Å². The quantitative estimate of drug-likeness (QED) is 0.524. The van der Waals surface area contributed by atoms with Crippen molar-refractivity contribution in [1.29, 1.82) is 0 Å². The van der Waals surface area contributed by atoms with Crippen molar-refractivity contribution < 1.29 is 4.79 Å². The van der Waals surface area contributed by atoms with Gasteiger partial charge in [0, 0.05) is 34.9 Å². The van der Waals surface area contributed by atoms with Crippen molar-refractivity contribution in [1.82, 2.24) is 15.3 Å². The molecule has 0 aliphatic rings.